The molecule has 1 aromatic heterocycles. The Labute approximate surface area is 120 Å². The maximum Gasteiger partial charge on any atom is 0.140 e. The lowest BCUT2D eigenvalue weighted by Gasteiger charge is -2.16. The van der Waals surface area contributed by atoms with E-state index in [1.165, 1.54) is 35.6 Å². The molecule has 0 spiro atoms. The van der Waals surface area contributed by atoms with Gasteiger partial charge in [-0.3, -0.25) is 0 Å². The molecule has 2 aliphatic rings. The zero-order valence-electron chi connectivity index (χ0n) is 12.0. The summed E-state index contributed by atoms with van der Waals surface area (Å²) in [5, 5.41) is 3.44. The summed E-state index contributed by atoms with van der Waals surface area (Å²) < 4.78 is 2.56. The van der Waals surface area contributed by atoms with Gasteiger partial charge in [-0.2, -0.15) is 0 Å². The third-order valence-corrected chi connectivity index (χ3v) is 4.70. The van der Waals surface area contributed by atoms with E-state index in [1.54, 1.807) is 0 Å². The summed E-state index contributed by atoms with van der Waals surface area (Å²) in [5.74, 6) is 2.03. The van der Waals surface area contributed by atoms with Gasteiger partial charge >= 0.3 is 0 Å². The number of nitrogens with one attached hydrogen (secondary N) is 1. The van der Waals surface area contributed by atoms with Crippen molar-refractivity contribution in [2.75, 3.05) is 6.54 Å². The molecule has 1 aliphatic carbocycles. The molecule has 0 radical (unpaired) electrons. The Kier molecular flexibility index (Phi) is 2.88. The smallest absolute Gasteiger partial charge is 0.140 e. The van der Waals surface area contributed by atoms with Gasteiger partial charge < -0.3 is 9.88 Å². The average molecular weight is 267 g/mol. The molecule has 0 bridgehead atoms. The number of hydrogen-bond donors (Lipinski definition) is 1. The zero-order chi connectivity index (χ0) is 13.5. The fourth-order valence-corrected chi connectivity index (χ4v) is 3.47. The molecule has 0 saturated heterocycles. The molecule has 3 heteroatoms. The average Bonchev–Trinajstić information content (AvgIpc) is 3.19. The summed E-state index contributed by atoms with van der Waals surface area (Å²) in [5.41, 5.74) is 3.99. The van der Waals surface area contributed by atoms with Crippen molar-refractivity contribution in [3.63, 3.8) is 0 Å². The first-order valence-corrected chi connectivity index (χ1v) is 7.74. The van der Waals surface area contributed by atoms with Gasteiger partial charge in [-0.1, -0.05) is 43.7 Å². The molecule has 2 heterocycles. The first-order valence-electron chi connectivity index (χ1n) is 7.74. The van der Waals surface area contributed by atoms with Crippen LogP contribution in [0.3, 0.4) is 0 Å². The highest BCUT2D eigenvalue weighted by Gasteiger charge is 2.40. The zero-order valence-corrected chi connectivity index (χ0v) is 12.0. The van der Waals surface area contributed by atoms with Crippen LogP contribution >= 0.6 is 0 Å². The molecule has 1 aliphatic heterocycles. The van der Waals surface area contributed by atoms with E-state index in [0.29, 0.717) is 6.04 Å². The number of benzene rings is 1. The van der Waals surface area contributed by atoms with Gasteiger partial charge in [0.1, 0.15) is 5.82 Å². The molecule has 2 aromatic rings. The van der Waals surface area contributed by atoms with E-state index in [2.05, 4.69) is 47.1 Å². The lowest BCUT2D eigenvalue weighted by molar-refractivity contribution is 0.573. The van der Waals surface area contributed by atoms with Crippen molar-refractivity contribution in [2.24, 2.45) is 5.92 Å². The van der Waals surface area contributed by atoms with Crippen LogP contribution in [0.1, 0.15) is 37.2 Å². The van der Waals surface area contributed by atoms with Crippen molar-refractivity contribution in [2.45, 2.75) is 38.8 Å². The van der Waals surface area contributed by atoms with Crippen LogP contribution in [0.4, 0.5) is 0 Å². The Balaban J connectivity index is 1.83. The van der Waals surface area contributed by atoms with Crippen molar-refractivity contribution in [3.05, 3.63) is 41.7 Å². The standard InChI is InChI=1S/C17H21N3/c1-2-12-10-16(12)20-15-8-9-18-11-14(15)19-17(20)13-6-4-3-5-7-13/h3-7,12,16,18H,2,8-11H2,1H3. The second kappa shape index (κ2) is 4.74. The van der Waals surface area contributed by atoms with Gasteiger partial charge in [0.25, 0.3) is 0 Å². The fraction of sp³-hybridized carbons (Fsp3) is 0.471. The van der Waals surface area contributed by atoms with Gasteiger partial charge in [0.15, 0.2) is 0 Å². The van der Waals surface area contributed by atoms with Crippen LogP contribution in [0, 0.1) is 5.92 Å². The Morgan fingerprint density at radius 3 is 2.90 bits per heavy atom. The van der Waals surface area contributed by atoms with Gasteiger partial charge in [-0.05, 0) is 12.3 Å². The van der Waals surface area contributed by atoms with Crippen LogP contribution < -0.4 is 5.32 Å². The van der Waals surface area contributed by atoms with E-state index >= 15 is 0 Å². The summed E-state index contributed by atoms with van der Waals surface area (Å²) in [6.45, 7) is 4.31. The number of aromatic nitrogens is 2. The van der Waals surface area contributed by atoms with E-state index in [9.17, 15) is 0 Å². The van der Waals surface area contributed by atoms with Gasteiger partial charge in [0.2, 0.25) is 0 Å². The third kappa shape index (κ3) is 1.88. The van der Waals surface area contributed by atoms with Crippen LogP contribution in [-0.4, -0.2) is 16.1 Å². The summed E-state index contributed by atoms with van der Waals surface area (Å²) in [7, 11) is 0. The van der Waals surface area contributed by atoms with Gasteiger partial charge in [0, 0.05) is 36.8 Å². The topological polar surface area (TPSA) is 29.9 Å². The Bertz CT molecular complexity index is 615. The molecular formula is C17H21N3. The minimum absolute atomic E-state index is 0.685. The number of hydrogen-bond acceptors (Lipinski definition) is 2. The Hall–Kier alpha value is -1.61. The second-order valence-electron chi connectivity index (χ2n) is 5.96. The first kappa shape index (κ1) is 12.2. The van der Waals surface area contributed by atoms with Crippen LogP contribution in [0.25, 0.3) is 11.4 Å². The monoisotopic (exact) mass is 267 g/mol. The quantitative estimate of drug-likeness (QED) is 0.925. The van der Waals surface area contributed by atoms with Gasteiger partial charge in [0.05, 0.1) is 5.69 Å². The molecule has 3 nitrogen and oxygen atoms in total. The second-order valence-corrected chi connectivity index (χ2v) is 5.96. The van der Waals surface area contributed by atoms with Gasteiger partial charge in [-0.15, -0.1) is 0 Å². The number of nitrogens with zero attached hydrogens (tertiary/aromatic N) is 2. The summed E-state index contributed by atoms with van der Waals surface area (Å²) in [4.78, 5) is 4.95. The van der Waals surface area contributed by atoms with E-state index in [1.807, 2.05) is 0 Å². The molecule has 4 rings (SSSR count). The minimum Gasteiger partial charge on any atom is -0.324 e. The molecule has 104 valence electrons. The highest BCUT2D eigenvalue weighted by Crippen LogP contribution is 2.48. The predicted molar refractivity (Wildman–Crippen MR) is 80.5 cm³/mol. The lowest BCUT2D eigenvalue weighted by Crippen LogP contribution is -2.25. The summed E-state index contributed by atoms with van der Waals surface area (Å²) in [6.07, 6.45) is 3.72. The minimum atomic E-state index is 0.685. The number of imidazole rings is 1. The SMILES string of the molecule is CCC1CC1n1c(-c2ccccc2)nc2c1CCNC2. The summed E-state index contributed by atoms with van der Waals surface area (Å²) >= 11 is 0. The third-order valence-electron chi connectivity index (χ3n) is 4.70. The number of rotatable bonds is 3. The van der Waals surface area contributed by atoms with Crippen molar-refractivity contribution in [3.8, 4) is 11.4 Å². The highest BCUT2D eigenvalue weighted by atomic mass is 15.2. The predicted octanol–water partition coefficient (Wildman–Crippen LogP) is 3.17. The maximum absolute atomic E-state index is 4.95. The lowest BCUT2D eigenvalue weighted by atomic mass is 10.1. The van der Waals surface area contributed by atoms with Crippen molar-refractivity contribution >= 4 is 0 Å². The van der Waals surface area contributed by atoms with Crippen LogP contribution in [0.5, 0.6) is 0 Å². The maximum atomic E-state index is 4.95. The van der Waals surface area contributed by atoms with Gasteiger partial charge in [-0.25, -0.2) is 4.98 Å². The molecule has 1 fully saturated rings. The van der Waals surface area contributed by atoms with Crippen LogP contribution in [0.2, 0.25) is 0 Å². The van der Waals surface area contributed by atoms with Crippen molar-refractivity contribution < 1.29 is 0 Å². The molecule has 2 unspecified atom stereocenters. The molecular weight excluding hydrogens is 246 g/mol. The largest absolute Gasteiger partial charge is 0.324 e. The Morgan fingerprint density at radius 2 is 2.15 bits per heavy atom. The normalized spacial score (nSPS) is 24.4. The molecule has 1 N–H and O–H groups in total. The van der Waals surface area contributed by atoms with E-state index < -0.39 is 0 Å². The molecule has 2 atom stereocenters. The molecule has 1 saturated carbocycles. The molecule has 0 amide bonds. The van der Waals surface area contributed by atoms with E-state index in [-0.39, 0.29) is 0 Å². The van der Waals surface area contributed by atoms with E-state index in [0.717, 1.165) is 25.4 Å². The fourth-order valence-electron chi connectivity index (χ4n) is 3.47. The van der Waals surface area contributed by atoms with Crippen LogP contribution in [0.15, 0.2) is 30.3 Å². The molecule has 20 heavy (non-hydrogen) atoms. The molecule has 1 aromatic carbocycles. The highest BCUT2D eigenvalue weighted by molar-refractivity contribution is 5.57. The van der Waals surface area contributed by atoms with Crippen LogP contribution in [-0.2, 0) is 13.0 Å². The van der Waals surface area contributed by atoms with E-state index in [4.69, 9.17) is 4.98 Å². The summed E-state index contributed by atoms with van der Waals surface area (Å²) in [6, 6.07) is 11.3. The van der Waals surface area contributed by atoms with Crippen molar-refractivity contribution in [1.82, 2.24) is 14.9 Å². The van der Waals surface area contributed by atoms with Crippen molar-refractivity contribution in [1.29, 1.82) is 0 Å². The Morgan fingerprint density at radius 1 is 1.30 bits per heavy atom. The first-order chi connectivity index (χ1) is 9.88. The number of fused-ring (bicyclic) bond motifs is 1.